The van der Waals surface area contributed by atoms with E-state index in [-0.39, 0.29) is 5.41 Å². The van der Waals surface area contributed by atoms with Gasteiger partial charge in [0.15, 0.2) is 0 Å². The molecule has 0 saturated carbocycles. The maximum absolute atomic E-state index is 6.54. The Labute approximate surface area is 125 Å². The van der Waals surface area contributed by atoms with E-state index >= 15 is 0 Å². The summed E-state index contributed by atoms with van der Waals surface area (Å²) in [5.74, 6) is 0.518. The predicted octanol–water partition coefficient (Wildman–Crippen LogP) is 3.01. The van der Waals surface area contributed by atoms with Crippen LogP contribution in [0.25, 0.3) is 0 Å². The van der Waals surface area contributed by atoms with Crippen LogP contribution in [0, 0.1) is 0 Å². The third kappa shape index (κ3) is 1.51. The van der Waals surface area contributed by atoms with E-state index in [1.807, 2.05) is 6.08 Å². The molecule has 2 aromatic carbocycles. The minimum atomic E-state index is -0.179. The third-order valence-corrected chi connectivity index (χ3v) is 5.23. The van der Waals surface area contributed by atoms with Gasteiger partial charge in [0.25, 0.3) is 0 Å². The Hall–Kier alpha value is -2.06. The van der Waals surface area contributed by atoms with Crippen LogP contribution in [-0.4, -0.2) is 6.54 Å². The highest BCUT2D eigenvalue weighted by molar-refractivity contribution is 5.63. The summed E-state index contributed by atoms with van der Waals surface area (Å²) in [5.41, 5.74) is 18.6. The summed E-state index contributed by atoms with van der Waals surface area (Å²) in [6.07, 6.45) is 4.22. The zero-order valence-corrected chi connectivity index (χ0v) is 12.0. The van der Waals surface area contributed by atoms with Crippen molar-refractivity contribution >= 4 is 0 Å². The van der Waals surface area contributed by atoms with Crippen LogP contribution < -0.4 is 11.5 Å². The maximum atomic E-state index is 6.54. The van der Waals surface area contributed by atoms with Crippen molar-refractivity contribution in [2.75, 3.05) is 6.54 Å². The molecule has 0 aliphatic heterocycles. The van der Waals surface area contributed by atoms with E-state index in [4.69, 9.17) is 11.5 Å². The lowest BCUT2D eigenvalue weighted by atomic mass is 9.54. The summed E-state index contributed by atoms with van der Waals surface area (Å²) in [5, 5.41) is 0. The van der Waals surface area contributed by atoms with Gasteiger partial charge in [-0.25, -0.2) is 0 Å². The van der Waals surface area contributed by atoms with Gasteiger partial charge in [0, 0.05) is 18.2 Å². The zero-order chi connectivity index (χ0) is 14.4. The van der Waals surface area contributed by atoms with E-state index in [1.165, 1.54) is 22.3 Å². The van der Waals surface area contributed by atoms with E-state index in [0.717, 1.165) is 18.5 Å². The molecule has 2 nitrogen and oxygen atoms in total. The van der Waals surface area contributed by atoms with E-state index in [9.17, 15) is 0 Å². The molecule has 5 rings (SSSR count). The minimum absolute atomic E-state index is 0.179. The number of allylic oxidation sites excluding steroid dienone is 1. The SMILES string of the molecule is NCC=C(N)C12CCC(c3ccccc31)c1ccccc12. The lowest BCUT2D eigenvalue weighted by molar-refractivity contribution is 0.417. The third-order valence-electron chi connectivity index (χ3n) is 5.23. The molecule has 0 amide bonds. The highest BCUT2D eigenvalue weighted by atomic mass is 14.7. The number of hydrogen-bond donors (Lipinski definition) is 2. The Morgan fingerprint density at radius 1 is 1.05 bits per heavy atom. The summed E-state index contributed by atoms with van der Waals surface area (Å²) in [6.45, 7) is 0.487. The number of fused-ring (bicyclic) bond motifs is 1. The van der Waals surface area contributed by atoms with E-state index in [0.29, 0.717) is 12.5 Å². The molecule has 21 heavy (non-hydrogen) atoms. The molecule has 2 aromatic rings. The molecule has 0 saturated heterocycles. The molecular formula is C19H20N2. The van der Waals surface area contributed by atoms with Crippen LogP contribution in [0.1, 0.15) is 41.0 Å². The number of rotatable bonds is 2. The van der Waals surface area contributed by atoms with E-state index < -0.39 is 0 Å². The van der Waals surface area contributed by atoms with Crippen LogP contribution in [0.4, 0.5) is 0 Å². The Bertz CT molecular complexity index is 682. The van der Waals surface area contributed by atoms with Crippen molar-refractivity contribution in [1.29, 1.82) is 0 Å². The van der Waals surface area contributed by atoms with Crippen molar-refractivity contribution in [2.24, 2.45) is 11.5 Å². The molecule has 3 aliphatic rings. The predicted molar refractivity (Wildman–Crippen MR) is 86.1 cm³/mol. The molecule has 4 N–H and O–H groups in total. The average molecular weight is 276 g/mol. The smallest absolute Gasteiger partial charge is 0.0599 e. The standard InChI is InChI=1S/C19H20N2/c20-12-10-18(21)19-11-9-13(14-5-1-3-7-16(14)19)15-6-2-4-8-17(15)19/h1-8,10,13H,9,11-12,20-21H2. The maximum Gasteiger partial charge on any atom is 0.0599 e. The number of hydrogen-bond acceptors (Lipinski definition) is 2. The second kappa shape index (κ2) is 4.47. The van der Waals surface area contributed by atoms with Crippen LogP contribution in [0.5, 0.6) is 0 Å². The number of benzene rings is 2. The summed E-state index contributed by atoms with van der Waals surface area (Å²) >= 11 is 0. The van der Waals surface area contributed by atoms with Crippen molar-refractivity contribution in [1.82, 2.24) is 0 Å². The molecule has 0 spiro atoms. The Morgan fingerprint density at radius 3 is 2.19 bits per heavy atom. The van der Waals surface area contributed by atoms with Gasteiger partial charge < -0.3 is 11.5 Å². The largest absolute Gasteiger partial charge is 0.401 e. The first-order chi connectivity index (χ1) is 10.3. The van der Waals surface area contributed by atoms with Crippen molar-refractivity contribution < 1.29 is 0 Å². The molecule has 0 radical (unpaired) electrons. The van der Waals surface area contributed by atoms with Crippen molar-refractivity contribution in [2.45, 2.75) is 24.2 Å². The van der Waals surface area contributed by atoms with E-state index in [2.05, 4.69) is 48.5 Å². The van der Waals surface area contributed by atoms with Gasteiger partial charge in [-0.1, -0.05) is 54.6 Å². The van der Waals surface area contributed by atoms with Crippen LogP contribution in [-0.2, 0) is 5.41 Å². The minimum Gasteiger partial charge on any atom is -0.401 e. The van der Waals surface area contributed by atoms with Gasteiger partial charge in [-0.05, 0) is 35.1 Å². The summed E-state index contributed by atoms with van der Waals surface area (Å²) in [7, 11) is 0. The van der Waals surface area contributed by atoms with Gasteiger partial charge >= 0.3 is 0 Å². The second-order valence-corrected chi connectivity index (χ2v) is 6.07. The fourth-order valence-electron chi connectivity index (χ4n) is 4.39. The fraction of sp³-hybridized carbons (Fsp3) is 0.263. The molecule has 0 atom stereocenters. The quantitative estimate of drug-likeness (QED) is 0.886. The Balaban J connectivity index is 2.08. The summed E-state index contributed by atoms with van der Waals surface area (Å²) < 4.78 is 0. The molecular weight excluding hydrogens is 256 g/mol. The normalized spacial score (nSPS) is 26.3. The first-order valence-corrected chi connectivity index (χ1v) is 7.64. The van der Waals surface area contributed by atoms with Crippen LogP contribution in [0.15, 0.2) is 60.3 Å². The molecule has 0 heterocycles. The molecule has 2 bridgehead atoms. The molecule has 2 heteroatoms. The monoisotopic (exact) mass is 276 g/mol. The summed E-state index contributed by atoms with van der Waals surface area (Å²) in [6, 6.07) is 17.5. The van der Waals surface area contributed by atoms with Crippen molar-refractivity contribution in [3.8, 4) is 0 Å². The van der Waals surface area contributed by atoms with Gasteiger partial charge in [-0.2, -0.15) is 0 Å². The lowest BCUT2D eigenvalue weighted by Crippen LogP contribution is -2.44. The topological polar surface area (TPSA) is 52.0 Å². The fourth-order valence-corrected chi connectivity index (χ4v) is 4.39. The molecule has 106 valence electrons. The molecule has 3 aliphatic carbocycles. The Morgan fingerprint density at radius 2 is 1.62 bits per heavy atom. The Kier molecular flexibility index (Phi) is 2.69. The first-order valence-electron chi connectivity index (χ1n) is 7.64. The van der Waals surface area contributed by atoms with Crippen molar-refractivity contribution in [3.63, 3.8) is 0 Å². The molecule has 0 fully saturated rings. The summed E-state index contributed by atoms with van der Waals surface area (Å²) in [4.78, 5) is 0. The van der Waals surface area contributed by atoms with Crippen LogP contribution in [0.2, 0.25) is 0 Å². The molecule has 0 unspecified atom stereocenters. The highest BCUT2D eigenvalue weighted by Crippen LogP contribution is 2.58. The number of nitrogens with two attached hydrogens (primary N) is 2. The van der Waals surface area contributed by atoms with Crippen LogP contribution >= 0.6 is 0 Å². The van der Waals surface area contributed by atoms with Gasteiger partial charge in [-0.15, -0.1) is 0 Å². The zero-order valence-electron chi connectivity index (χ0n) is 12.0. The van der Waals surface area contributed by atoms with Gasteiger partial charge in [0.05, 0.1) is 5.41 Å². The van der Waals surface area contributed by atoms with E-state index in [1.54, 1.807) is 0 Å². The van der Waals surface area contributed by atoms with Gasteiger partial charge in [0.1, 0.15) is 0 Å². The lowest BCUT2D eigenvalue weighted by Gasteiger charge is -2.49. The average Bonchev–Trinajstić information content (AvgIpc) is 2.55. The van der Waals surface area contributed by atoms with Crippen molar-refractivity contribution in [3.05, 3.63) is 82.6 Å². The van der Waals surface area contributed by atoms with Gasteiger partial charge in [-0.3, -0.25) is 0 Å². The van der Waals surface area contributed by atoms with Gasteiger partial charge in [0.2, 0.25) is 0 Å². The first kappa shape index (κ1) is 12.7. The van der Waals surface area contributed by atoms with Crippen LogP contribution in [0.3, 0.4) is 0 Å². The highest BCUT2D eigenvalue weighted by Gasteiger charge is 2.49. The second-order valence-electron chi connectivity index (χ2n) is 6.07. The molecule has 0 aromatic heterocycles.